The van der Waals surface area contributed by atoms with Gasteiger partial charge in [0.2, 0.25) is 0 Å². The number of nitrogens with one attached hydrogen (secondary N) is 1. The van der Waals surface area contributed by atoms with Crippen molar-refractivity contribution in [1.82, 2.24) is 10.2 Å². The smallest absolute Gasteiger partial charge is 0.325 e. The first-order valence-corrected chi connectivity index (χ1v) is 6.85. The Morgan fingerprint density at radius 1 is 1.28 bits per heavy atom. The summed E-state index contributed by atoms with van der Waals surface area (Å²) in [4.78, 5) is 25.7. The Kier molecular flexibility index (Phi) is 3.90. The van der Waals surface area contributed by atoms with Crippen LogP contribution in [0.3, 0.4) is 0 Å². The van der Waals surface area contributed by atoms with E-state index in [1.165, 1.54) is 0 Å². The zero-order chi connectivity index (χ0) is 13.2. The van der Waals surface area contributed by atoms with E-state index >= 15 is 0 Å². The average Bonchev–Trinajstić information content (AvgIpc) is 2.63. The van der Waals surface area contributed by atoms with Gasteiger partial charge in [0.05, 0.1) is 0 Å². The van der Waals surface area contributed by atoms with Gasteiger partial charge in [-0.05, 0) is 31.6 Å². The van der Waals surface area contributed by atoms with Gasteiger partial charge >= 0.3 is 6.03 Å². The lowest BCUT2D eigenvalue weighted by Gasteiger charge is -2.36. The molecule has 0 spiro atoms. The minimum Gasteiger partial charge on any atom is -0.381 e. The highest BCUT2D eigenvalue weighted by Crippen LogP contribution is 2.31. The molecule has 2 fully saturated rings. The Bertz CT molecular complexity index is 333. The van der Waals surface area contributed by atoms with E-state index in [-0.39, 0.29) is 11.9 Å². The van der Waals surface area contributed by atoms with E-state index in [9.17, 15) is 9.59 Å². The molecule has 0 aromatic carbocycles. The van der Waals surface area contributed by atoms with Gasteiger partial charge < -0.3 is 9.64 Å². The van der Waals surface area contributed by atoms with Gasteiger partial charge in [-0.2, -0.15) is 0 Å². The fourth-order valence-electron chi connectivity index (χ4n) is 3.00. The van der Waals surface area contributed by atoms with Crippen molar-refractivity contribution in [2.75, 3.05) is 19.8 Å². The number of amides is 3. The number of imide groups is 1. The lowest BCUT2D eigenvalue weighted by Crippen LogP contribution is -2.50. The molecule has 2 aliphatic heterocycles. The molecule has 0 unspecified atom stereocenters. The Morgan fingerprint density at radius 2 is 1.89 bits per heavy atom. The first-order chi connectivity index (χ1) is 8.64. The van der Waals surface area contributed by atoms with E-state index in [1.807, 2.05) is 13.8 Å². The molecule has 3 amide bonds. The van der Waals surface area contributed by atoms with Crippen LogP contribution in [0.2, 0.25) is 0 Å². The Labute approximate surface area is 108 Å². The molecule has 0 bridgehead atoms. The van der Waals surface area contributed by atoms with Crippen LogP contribution in [0.15, 0.2) is 0 Å². The van der Waals surface area contributed by atoms with Gasteiger partial charge in [0.1, 0.15) is 5.54 Å². The van der Waals surface area contributed by atoms with Crippen LogP contribution in [-0.2, 0) is 9.53 Å². The number of carbonyl (C=O) groups is 2. The minimum atomic E-state index is -0.630. The quantitative estimate of drug-likeness (QED) is 0.774. The minimum absolute atomic E-state index is 0.135. The molecule has 5 heteroatoms. The zero-order valence-corrected chi connectivity index (χ0v) is 11.2. The van der Waals surface area contributed by atoms with Crippen LogP contribution in [0.4, 0.5) is 4.79 Å². The molecule has 5 nitrogen and oxygen atoms in total. The van der Waals surface area contributed by atoms with E-state index in [0.717, 1.165) is 26.1 Å². The Morgan fingerprint density at radius 3 is 2.44 bits per heavy atom. The second-order valence-electron chi connectivity index (χ2n) is 5.16. The summed E-state index contributed by atoms with van der Waals surface area (Å²) in [6.45, 7) is 6.14. The molecule has 2 rings (SSSR count). The summed E-state index contributed by atoms with van der Waals surface area (Å²) >= 11 is 0. The number of hydrogen-bond donors (Lipinski definition) is 1. The fraction of sp³-hybridized carbons (Fsp3) is 0.846. The molecule has 2 aliphatic rings. The maximum atomic E-state index is 12.0. The van der Waals surface area contributed by atoms with Crippen molar-refractivity contribution >= 4 is 11.9 Å². The SMILES string of the molecule is CCC1(CC)C(=O)NC(=O)N1CC1CCOCC1. The van der Waals surface area contributed by atoms with E-state index in [1.54, 1.807) is 4.90 Å². The van der Waals surface area contributed by atoms with Crippen molar-refractivity contribution < 1.29 is 14.3 Å². The average molecular weight is 254 g/mol. The van der Waals surface area contributed by atoms with Crippen LogP contribution >= 0.6 is 0 Å². The lowest BCUT2D eigenvalue weighted by atomic mass is 9.89. The third-order valence-corrected chi connectivity index (χ3v) is 4.36. The molecule has 0 aromatic rings. The van der Waals surface area contributed by atoms with Gasteiger partial charge in [0.15, 0.2) is 0 Å². The van der Waals surface area contributed by atoms with E-state index in [2.05, 4.69) is 5.32 Å². The first kappa shape index (κ1) is 13.3. The van der Waals surface area contributed by atoms with Crippen molar-refractivity contribution in [2.45, 2.75) is 45.1 Å². The van der Waals surface area contributed by atoms with E-state index < -0.39 is 5.54 Å². The molecule has 0 aliphatic carbocycles. The van der Waals surface area contributed by atoms with Crippen molar-refractivity contribution in [3.05, 3.63) is 0 Å². The maximum absolute atomic E-state index is 12.0. The summed E-state index contributed by atoms with van der Waals surface area (Å²) in [6, 6.07) is -0.227. The molecule has 2 heterocycles. The van der Waals surface area contributed by atoms with Crippen LogP contribution in [0.25, 0.3) is 0 Å². The standard InChI is InChI=1S/C13H22N2O3/c1-3-13(4-2)11(16)14-12(17)15(13)9-10-5-7-18-8-6-10/h10H,3-9H2,1-2H3,(H,14,16,17). The molecule has 0 aromatic heterocycles. The van der Waals surface area contributed by atoms with Crippen LogP contribution in [0.5, 0.6) is 0 Å². The summed E-state index contributed by atoms with van der Waals surface area (Å²) in [7, 11) is 0. The Balaban J connectivity index is 2.12. The highest BCUT2D eigenvalue weighted by molar-refractivity contribution is 6.06. The first-order valence-electron chi connectivity index (χ1n) is 6.85. The molecular weight excluding hydrogens is 232 g/mol. The summed E-state index contributed by atoms with van der Waals surface area (Å²) in [6.07, 6.45) is 3.29. The molecule has 0 radical (unpaired) electrons. The van der Waals surface area contributed by atoms with Crippen molar-refractivity contribution in [3.8, 4) is 0 Å². The molecule has 102 valence electrons. The summed E-state index contributed by atoms with van der Waals surface area (Å²) in [5.74, 6) is 0.317. The van der Waals surface area contributed by atoms with Crippen molar-refractivity contribution in [3.63, 3.8) is 0 Å². The highest BCUT2D eigenvalue weighted by Gasteiger charge is 2.50. The summed E-state index contributed by atoms with van der Waals surface area (Å²) in [5, 5.41) is 2.47. The molecule has 0 saturated carbocycles. The van der Waals surface area contributed by atoms with E-state index in [0.29, 0.717) is 25.3 Å². The second kappa shape index (κ2) is 5.26. The third-order valence-electron chi connectivity index (χ3n) is 4.36. The van der Waals surface area contributed by atoms with Gasteiger partial charge in [-0.1, -0.05) is 13.8 Å². The molecule has 2 saturated heterocycles. The predicted octanol–water partition coefficient (Wildman–Crippen LogP) is 1.52. The number of nitrogens with zero attached hydrogens (tertiary/aromatic N) is 1. The number of hydrogen-bond acceptors (Lipinski definition) is 3. The van der Waals surface area contributed by atoms with E-state index in [4.69, 9.17) is 4.74 Å². The fourth-order valence-corrected chi connectivity index (χ4v) is 3.00. The van der Waals surface area contributed by atoms with Crippen LogP contribution in [-0.4, -0.2) is 42.1 Å². The number of ether oxygens (including phenoxy) is 1. The van der Waals surface area contributed by atoms with Crippen LogP contribution in [0.1, 0.15) is 39.5 Å². The number of carbonyl (C=O) groups excluding carboxylic acids is 2. The van der Waals surface area contributed by atoms with Gasteiger partial charge in [-0.25, -0.2) is 4.79 Å². The van der Waals surface area contributed by atoms with Crippen molar-refractivity contribution in [2.24, 2.45) is 5.92 Å². The largest absolute Gasteiger partial charge is 0.381 e. The predicted molar refractivity (Wildman–Crippen MR) is 67.1 cm³/mol. The van der Waals surface area contributed by atoms with Gasteiger partial charge in [-0.15, -0.1) is 0 Å². The summed E-state index contributed by atoms with van der Waals surface area (Å²) < 4.78 is 5.33. The highest BCUT2D eigenvalue weighted by atomic mass is 16.5. The monoisotopic (exact) mass is 254 g/mol. The van der Waals surface area contributed by atoms with Crippen LogP contribution in [0, 0.1) is 5.92 Å². The van der Waals surface area contributed by atoms with Gasteiger partial charge in [-0.3, -0.25) is 10.1 Å². The molecule has 0 atom stereocenters. The Hall–Kier alpha value is -1.10. The number of rotatable bonds is 4. The lowest BCUT2D eigenvalue weighted by molar-refractivity contribution is -0.127. The van der Waals surface area contributed by atoms with Gasteiger partial charge in [0, 0.05) is 19.8 Å². The molecule has 1 N–H and O–H groups in total. The second-order valence-corrected chi connectivity index (χ2v) is 5.16. The normalized spacial score (nSPS) is 24.4. The zero-order valence-electron chi connectivity index (χ0n) is 11.2. The topological polar surface area (TPSA) is 58.6 Å². The third kappa shape index (κ3) is 2.11. The molecular formula is C13H22N2O3. The summed E-state index contributed by atoms with van der Waals surface area (Å²) in [5.41, 5.74) is -0.630. The van der Waals surface area contributed by atoms with Crippen LogP contribution < -0.4 is 5.32 Å². The maximum Gasteiger partial charge on any atom is 0.325 e. The molecule has 18 heavy (non-hydrogen) atoms. The van der Waals surface area contributed by atoms with Crippen molar-refractivity contribution in [1.29, 1.82) is 0 Å². The van der Waals surface area contributed by atoms with Gasteiger partial charge in [0.25, 0.3) is 5.91 Å². The number of urea groups is 1.